The molecule has 0 atom stereocenters. The van der Waals surface area contributed by atoms with Gasteiger partial charge in [0.1, 0.15) is 0 Å². The molecule has 1 aliphatic heterocycles. The van der Waals surface area contributed by atoms with Crippen LogP contribution in [0.4, 0.5) is 5.69 Å². The van der Waals surface area contributed by atoms with Gasteiger partial charge >= 0.3 is 0 Å². The average Bonchev–Trinajstić information content (AvgIpc) is 2.80. The van der Waals surface area contributed by atoms with Crippen molar-refractivity contribution in [3.8, 4) is 5.75 Å². The molecule has 174 valence electrons. The van der Waals surface area contributed by atoms with Gasteiger partial charge in [-0.25, -0.2) is 13.6 Å². The molecule has 4 N–H and O–H groups in total. The van der Waals surface area contributed by atoms with Crippen LogP contribution in [0.5, 0.6) is 5.75 Å². The van der Waals surface area contributed by atoms with Gasteiger partial charge in [0.25, 0.3) is 11.8 Å². The van der Waals surface area contributed by atoms with Crippen LogP contribution >= 0.6 is 11.6 Å². The Kier molecular flexibility index (Phi) is 6.69. The highest BCUT2D eigenvalue weighted by molar-refractivity contribution is 7.89. The summed E-state index contributed by atoms with van der Waals surface area (Å²) in [5, 5.41) is 11.1. The smallest absolute Gasteiger partial charge is 0.291 e. The number of anilines is 1. The Balaban J connectivity index is 1.39. The van der Waals surface area contributed by atoms with Crippen molar-refractivity contribution < 1.29 is 22.7 Å². The Labute approximate surface area is 201 Å². The maximum absolute atomic E-state index is 12.5. The fourth-order valence-corrected chi connectivity index (χ4v) is 4.01. The lowest BCUT2D eigenvalue weighted by atomic mass is 10.1. The van der Waals surface area contributed by atoms with Crippen LogP contribution in [0.1, 0.15) is 21.5 Å². The van der Waals surface area contributed by atoms with E-state index in [9.17, 15) is 18.0 Å². The molecule has 0 saturated heterocycles. The number of carbonyl (C=O) groups excluding carboxylic acids is 2. The molecule has 0 saturated carbocycles. The van der Waals surface area contributed by atoms with Crippen LogP contribution in [-0.4, -0.2) is 26.8 Å². The van der Waals surface area contributed by atoms with E-state index in [-0.39, 0.29) is 16.6 Å². The molecule has 1 heterocycles. The largest absolute Gasteiger partial charge is 0.449 e. The Morgan fingerprint density at radius 2 is 1.82 bits per heavy atom. The topological polar surface area (TPSA) is 128 Å². The van der Waals surface area contributed by atoms with Crippen molar-refractivity contribution in [2.24, 2.45) is 5.14 Å². The van der Waals surface area contributed by atoms with Gasteiger partial charge in [-0.05, 0) is 60.0 Å². The van der Waals surface area contributed by atoms with E-state index >= 15 is 0 Å². The van der Waals surface area contributed by atoms with Crippen LogP contribution in [0.25, 0.3) is 6.08 Å². The fraction of sp³-hybridized carbons (Fsp3) is 0.0833. The van der Waals surface area contributed by atoms with Crippen LogP contribution in [0.15, 0.2) is 77.4 Å². The highest BCUT2D eigenvalue weighted by Gasteiger charge is 2.23. The van der Waals surface area contributed by atoms with E-state index in [1.807, 2.05) is 0 Å². The van der Waals surface area contributed by atoms with E-state index in [1.54, 1.807) is 54.6 Å². The van der Waals surface area contributed by atoms with Crippen molar-refractivity contribution in [3.63, 3.8) is 0 Å². The molecule has 0 radical (unpaired) electrons. The van der Waals surface area contributed by atoms with Crippen LogP contribution in [-0.2, 0) is 21.2 Å². The van der Waals surface area contributed by atoms with E-state index in [1.165, 1.54) is 18.2 Å². The van der Waals surface area contributed by atoms with Crippen molar-refractivity contribution >= 4 is 45.2 Å². The summed E-state index contributed by atoms with van der Waals surface area (Å²) in [6.45, 7) is 0.332. The van der Waals surface area contributed by atoms with Crippen molar-refractivity contribution in [3.05, 3.63) is 94.2 Å². The molecule has 8 nitrogen and oxygen atoms in total. The minimum Gasteiger partial charge on any atom is -0.449 e. The third kappa shape index (κ3) is 5.45. The summed E-state index contributed by atoms with van der Waals surface area (Å²) in [5.74, 6) is -0.279. The third-order valence-electron chi connectivity index (χ3n) is 5.08. The standard InChI is InChI=1S/C24H20ClN3O5S/c25-19-4-2-1-3-16(19)14-22-24(30)28-20-13-17(7-10-21(20)33-22)23(29)27-12-11-15-5-8-18(9-6-15)34(26,31)32/h1-10,13-14H,11-12H2,(H,27,29)(H,28,30)(H2,26,31,32)/b22-14-. The Morgan fingerprint density at radius 1 is 1.09 bits per heavy atom. The lowest BCUT2D eigenvalue weighted by Crippen LogP contribution is -2.27. The monoisotopic (exact) mass is 497 g/mol. The molecule has 0 bridgehead atoms. The zero-order chi connectivity index (χ0) is 24.3. The minimum atomic E-state index is -3.74. The first-order chi connectivity index (χ1) is 16.2. The van der Waals surface area contributed by atoms with Crippen molar-refractivity contribution in [1.82, 2.24) is 5.32 Å². The van der Waals surface area contributed by atoms with Gasteiger partial charge in [-0.15, -0.1) is 0 Å². The summed E-state index contributed by atoms with van der Waals surface area (Å²) in [6, 6.07) is 18.0. The van der Waals surface area contributed by atoms with Gasteiger partial charge in [0.15, 0.2) is 11.5 Å². The van der Waals surface area contributed by atoms with Gasteiger partial charge < -0.3 is 15.4 Å². The highest BCUT2D eigenvalue weighted by Crippen LogP contribution is 2.33. The molecule has 3 aromatic rings. The third-order valence-corrected chi connectivity index (χ3v) is 6.35. The van der Waals surface area contributed by atoms with Crippen LogP contribution < -0.4 is 20.5 Å². The number of amides is 2. The number of nitrogens with two attached hydrogens (primary N) is 1. The van der Waals surface area contributed by atoms with Gasteiger partial charge in [-0.2, -0.15) is 0 Å². The number of hydrogen-bond acceptors (Lipinski definition) is 5. The SMILES string of the molecule is NS(=O)(=O)c1ccc(CCNC(=O)c2ccc3c(c2)NC(=O)/C(=C/c2ccccc2Cl)O3)cc1. The number of ether oxygens (including phenoxy) is 1. The number of primary sulfonamides is 1. The summed E-state index contributed by atoms with van der Waals surface area (Å²) in [6.07, 6.45) is 2.05. The number of rotatable bonds is 6. The number of carbonyl (C=O) groups is 2. The Hall–Kier alpha value is -3.66. The minimum absolute atomic E-state index is 0.0310. The lowest BCUT2D eigenvalue weighted by molar-refractivity contribution is -0.115. The van der Waals surface area contributed by atoms with E-state index in [2.05, 4.69) is 10.6 Å². The summed E-state index contributed by atoms with van der Waals surface area (Å²) in [5.41, 5.74) is 2.22. The zero-order valence-corrected chi connectivity index (χ0v) is 19.3. The van der Waals surface area contributed by atoms with Crippen molar-refractivity contribution in [2.45, 2.75) is 11.3 Å². The van der Waals surface area contributed by atoms with E-state index in [0.29, 0.717) is 40.6 Å². The van der Waals surface area contributed by atoms with Gasteiger partial charge in [0, 0.05) is 17.1 Å². The van der Waals surface area contributed by atoms with Gasteiger partial charge in [0.2, 0.25) is 10.0 Å². The molecule has 0 aromatic heterocycles. The Bertz CT molecular complexity index is 1400. The molecule has 0 fully saturated rings. The molecule has 2 amide bonds. The van der Waals surface area contributed by atoms with Crippen molar-refractivity contribution in [1.29, 1.82) is 0 Å². The second-order valence-corrected chi connectivity index (χ2v) is 9.46. The van der Waals surface area contributed by atoms with E-state index < -0.39 is 15.9 Å². The summed E-state index contributed by atoms with van der Waals surface area (Å²) >= 11 is 6.15. The molecule has 4 rings (SSSR count). The van der Waals surface area contributed by atoms with Gasteiger partial charge in [-0.1, -0.05) is 41.9 Å². The molecule has 10 heteroatoms. The van der Waals surface area contributed by atoms with Gasteiger partial charge in [0.05, 0.1) is 10.6 Å². The first-order valence-electron chi connectivity index (χ1n) is 10.2. The average molecular weight is 498 g/mol. The predicted octanol–water partition coefficient (Wildman–Crippen LogP) is 3.33. The Morgan fingerprint density at radius 3 is 2.53 bits per heavy atom. The number of hydrogen-bond donors (Lipinski definition) is 3. The van der Waals surface area contributed by atoms with E-state index in [0.717, 1.165) is 5.56 Å². The summed E-state index contributed by atoms with van der Waals surface area (Å²) < 4.78 is 28.4. The number of halogens is 1. The first-order valence-corrected chi connectivity index (χ1v) is 12.1. The van der Waals surface area contributed by atoms with Crippen LogP contribution in [0, 0.1) is 0 Å². The quantitative estimate of drug-likeness (QED) is 0.450. The number of sulfonamides is 1. The van der Waals surface area contributed by atoms with Gasteiger partial charge in [-0.3, -0.25) is 9.59 Å². The lowest BCUT2D eigenvalue weighted by Gasteiger charge is -2.20. The second-order valence-electron chi connectivity index (χ2n) is 7.49. The molecule has 0 aliphatic carbocycles. The number of fused-ring (bicyclic) bond motifs is 1. The number of benzene rings is 3. The maximum atomic E-state index is 12.5. The van der Waals surface area contributed by atoms with Crippen LogP contribution in [0.3, 0.4) is 0 Å². The van der Waals surface area contributed by atoms with Crippen molar-refractivity contribution in [2.75, 3.05) is 11.9 Å². The van der Waals surface area contributed by atoms with Crippen LogP contribution in [0.2, 0.25) is 5.02 Å². The molecule has 0 spiro atoms. The molecule has 3 aromatic carbocycles. The normalized spacial score (nSPS) is 14.2. The fourth-order valence-electron chi connectivity index (χ4n) is 3.30. The molecule has 0 unspecified atom stereocenters. The summed E-state index contributed by atoms with van der Waals surface area (Å²) in [7, 11) is -3.74. The molecular formula is C24H20ClN3O5S. The first kappa shape index (κ1) is 23.5. The summed E-state index contributed by atoms with van der Waals surface area (Å²) in [4.78, 5) is 25.1. The van der Waals surface area contributed by atoms with E-state index in [4.69, 9.17) is 21.5 Å². The second kappa shape index (κ2) is 9.68. The molecule has 1 aliphatic rings. The zero-order valence-electron chi connectivity index (χ0n) is 17.7. The predicted molar refractivity (Wildman–Crippen MR) is 129 cm³/mol. The molecular weight excluding hydrogens is 478 g/mol. The maximum Gasteiger partial charge on any atom is 0.291 e. The number of nitrogens with one attached hydrogen (secondary N) is 2. The molecule has 34 heavy (non-hydrogen) atoms. The highest BCUT2D eigenvalue weighted by atomic mass is 35.5.